The van der Waals surface area contributed by atoms with E-state index in [4.69, 9.17) is 4.74 Å². The van der Waals surface area contributed by atoms with Crippen LogP contribution in [0.2, 0.25) is 0 Å². The second-order valence-electron chi connectivity index (χ2n) is 6.32. The molecule has 0 saturated heterocycles. The fraction of sp³-hybridized carbons (Fsp3) is 0.562. The molecule has 118 valence electrons. The molecule has 21 heavy (non-hydrogen) atoms. The van der Waals surface area contributed by atoms with E-state index in [1.54, 1.807) is 21.0 Å². The molecule has 1 unspecified atom stereocenters. The number of ether oxygens (including phenoxy) is 1. The first-order valence-electron chi connectivity index (χ1n) is 7.02. The molecule has 1 aromatic rings. The minimum Gasteiger partial charge on any atom is -0.479 e. The van der Waals surface area contributed by atoms with Gasteiger partial charge in [0, 0.05) is 31.7 Å². The SMILES string of the molecule is CC(Oc1c(Br)cccc1CNC(C)(C)C)C(=O)N(C)C. The molecule has 0 aliphatic rings. The van der Waals surface area contributed by atoms with E-state index in [2.05, 4.69) is 42.0 Å². The molecule has 0 fully saturated rings. The molecule has 0 saturated carbocycles. The Morgan fingerprint density at radius 2 is 2.00 bits per heavy atom. The summed E-state index contributed by atoms with van der Waals surface area (Å²) in [6.45, 7) is 8.79. The summed E-state index contributed by atoms with van der Waals surface area (Å²) in [6, 6.07) is 5.89. The van der Waals surface area contributed by atoms with Crippen LogP contribution in [0.25, 0.3) is 0 Å². The Morgan fingerprint density at radius 3 is 2.52 bits per heavy atom. The Kier molecular flexibility index (Phi) is 6.23. The van der Waals surface area contributed by atoms with Crippen LogP contribution in [0.3, 0.4) is 0 Å². The summed E-state index contributed by atoms with van der Waals surface area (Å²) in [4.78, 5) is 13.5. The Morgan fingerprint density at radius 1 is 1.38 bits per heavy atom. The van der Waals surface area contributed by atoms with E-state index in [0.717, 1.165) is 15.8 Å². The van der Waals surface area contributed by atoms with Crippen LogP contribution in [0.5, 0.6) is 5.75 Å². The predicted molar refractivity (Wildman–Crippen MR) is 89.5 cm³/mol. The van der Waals surface area contributed by atoms with Crippen molar-refractivity contribution < 1.29 is 9.53 Å². The van der Waals surface area contributed by atoms with Crippen LogP contribution < -0.4 is 10.1 Å². The number of hydrogen-bond acceptors (Lipinski definition) is 3. The number of carbonyl (C=O) groups is 1. The van der Waals surface area contributed by atoms with Crippen molar-refractivity contribution in [1.29, 1.82) is 0 Å². The highest BCUT2D eigenvalue weighted by Gasteiger charge is 2.20. The Balaban J connectivity index is 2.92. The maximum atomic E-state index is 12.0. The van der Waals surface area contributed by atoms with E-state index in [1.165, 1.54) is 4.90 Å². The van der Waals surface area contributed by atoms with Crippen molar-refractivity contribution in [3.05, 3.63) is 28.2 Å². The number of amides is 1. The molecule has 0 aliphatic heterocycles. The number of nitrogens with one attached hydrogen (secondary N) is 1. The predicted octanol–water partition coefficient (Wildman–Crippen LogP) is 3.19. The molecular formula is C16H25BrN2O2. The molecule has 0 bridgehead atoms. The van der Waals surface area contributed by atoms with Crippen LogP contribution in [0.4, 0.5) is 0 Å². The summed E-state index contributed by atoms with van der Waals surface area (Å²) < 4.78 is 6.74. The van der Waals surface area contributed by atoms with Gasteiger partial charge in [0.05, 0.1) is 4.47 Å². The molecule has 0 aliphatic carbocycles. The van der Waals surface area contributed by atoms with E-state index in [1.807, 2.05) is 18.2 Å². The zero-order valence-corrected chi connectivity index (χ0v) is 15.2. The van der Waals surface area contributed by atoms with Gasteiger partial charge in [-0.1, -0.05) is 12.1 Å². The van der Waals surface area contributed by atoms with Gasteiger partial charge < -0.3 is 15.0 Å². The van der Waals surface area contributed by atoms with Gasteiger partial charge in [0.15, 0.2) is 6.10 Å². The fourth-order valence-electron chi connectivity index (χ4n) is 1.78. The maximum Gasteiger partial charge on any atom is 0.262 e. The number of rotatable bonds is 5. The molecule has 0 spiro atoms. The van der Waals surface area contributed by atoms with E-state index in [9.17, 15) is 4.79 Å². The zero-order chi connectivity index (χ0) is 16.2. The van der Waals surface area contributed by atoms with Crippen molar-refractivity contribution >= 4 is 21.8 Å². The summed E-state index contributed by atoms with van der Waals surface area (Å²) >= 11 is 3.50. The second-order valence-corrected chi connectivity index (χ2v) is 7.18. The van der Waals surface area contributed by atoms with Crippen molar-refractivity contribution in [2.75, 3.05) is 14.1 Å². The molecular weight excluding hydrogens is 332 g/mol. The zero-order valence-electron chi connectivity index (χ0n) is 13.7. The highest BCUT2D eigenvalue weighted by Crippen LogP contribution is 2.30. The molecule has 1 rings (SSSR count). The largest absolute Gasteiger partial charge is 0.479 e. The Bertz CT molecular complexity index is 496. The average molecular weight is 357 g/mol. The number of carbonyl (C=O) groups excluding carboxylic acids is 1. The van der Waals surface area contributed by atoms with E-state index in [-0.39, 0.29) is 11.4 Å². The smallest absolute Gasteiger partial charge is 0.262 e. The molecule has 0 heterocycles. The van der Waals surface area contributed by atoms with Crippen LogP contribution in [0.15, 0.2) is 22.7 Å². The normalized spacial score (nSPS) is 12.9. The molecule has 1 atom stereocenters. The molecule has 1 N–H and O–H groups in total. The highest BCUT2D eigenvalue weighted by molar-refractivity contribution is 9.10. The fourth-order valence-corrected chi connectivity index (χ4v) is 2.28. The third-order valence-electron chi connectivity index (χ3n) is 2.94. The van der Waals surface area contributed by atoms with Crippen molar-refractivity contribution in [3.63, 3.8) is 0 Å². The van der Waals surface area contributed by atoms with Crippen LogP contribution >= 0.6 is 15.9 Å². The summed E-state index contributed by atoms with van der Waals surface area (Å²) in [7, 11) is 3.45. The number of hydrogen-bond donors (Lipinski definition) is 1. The molecule has 1 amide bonds. The first-order valence-corrected chi connectivity index (χ1v) is 7.81. The van der Waals surface area contributed by atoms with Gasteiger partial charge in [0.1, 0.15) is 5.75 Å². The van der Waals surface area contributed by atoms with Crippen LogP contribution in [-0.2, 0) is 11.3 Å². The van der Waals surface area contributed by atoms with Gasteiger partial charge in [0.25, 0.3) is 5.91 Å². The highest BCUT2D eigenvalue weighted by atomic mass is 79.9. The number of likely N-dealkylation sites (N-methyl/N-ethyl adjacent to an activating group) is 1. The second kappa shape index (κ2) is 7.27. The summed E-state index contributed by atoms with van der Waals surface area (Å²) in [5.74, 6) is 0.664. The standard InChI is InChI=1S/C16H25BrN2O2/c1-11(15(20)19(5)6)21-14-12(8-7-9-13(14)17)10-18-16(2,3)4/h7-9,11,18H,10H2,1-6H3. The molecule has 0 radical (unpaired) electrons. The number of benzene rings is 1. The minimum atomic E-state index is -0.521. The molecule has 0 aromatic heterocycles. The number of nitrogens with zero attached hydrogens (tertiary/aromatic N) is 1. The summed E-state index contributed by atoms with van der Waals surface area (Å²) in [5, 5.41) is 3.43. The van der Waals surface area contributed by atoms with E-state index >= 15 is 0 Å². The van der Waals surface area contributed by atoms with Gasteiger partial charge >= 0.3 is 0 Å². The lowest BCUT2D eigenvalue weighted by atomic mass is 10.1. The lowest BCUT2D eigenvalue weighted by molar-refractivity contribution is -0.135. The van der Waals surface area contributed by atoms with Crippen molar-refractivity contribution in [2.45, 2.75) is 45.9 Å². The lowest BCUT2D eigenvalue weighted by Gasteiger charge is -2.24. The van der Waals surface area contributed by atoms with Crippen molar-refractivity contribution in [3.8, 4) is 5.75 Å². The summed E-state index contributed by atoms with van der Waals surface area (Å²) in [5.41, 5.74) is 1.04. The van der Waals surface area contributed by atoms with Gasteiger partial charge in [-0.15, -0.1) is 0 Å². The summed E-state index contributed by atoms with van der Waals surface area (Å²) in [6.07, 6.45) is -0.521. The van der Waals surface area contributed by atoms with Crippen molar-refractivity contribution in [1.82, 2.24) is 10.2 Å². The van der Waals surface area contributed by atoms with Crippen LogP contribution in [-0.4, -0.2) is 36.5 Å². The third kappa shape index (κ3) is 5.67. The maximum absolute atomic E-state index is 12.0. The Hall–Kier alpha value is -1.07. The average Bonchev–Trinajstić information content (AvgIpc) is 2.37. The Labute approximate surface area is 136 Å². The van der Waals surface area contributed by atoms with Gasteiger partial charge in [-0.25, -0.2) is 0 Å². The molecule has 1 aromatic carbocycles. The van der Waals surface area contributed by atoms with Crippen molar-refractivity contribution in [2.24, 2.45) is 0 Å². The van der Waals surface area contributed by atoms with Crippen LogP contribution in [0.1, 0.15) is 33.3 Å². The van der Waals surface area contributed by atoms with Gasteiger partial charge in [-0.3, -0.25) is 4.79 Å². The van der Waals surface area contributed by atoms with E-state index < -0.39 is 6.10 Å². The first kappa shape index (κ1) is 18.0. The lowest BCUT2D eigenvalue weighted by Crippen LogP contribution is -2.37. The number of halogens is 1. The monoisotopic (exact) mass is 356 g/mol. The van der Waals surface area contributed by atoms with Crippen LogP contribution in [0, 0.1) is 0 Å². The van der Waals surface area contributed by atoms with Gasteiger partial charge in [0.2, 0.25) is 0 Å². The first-order chi connectivity index (χ1) is 9.61. The molecule has 4 nitrogen and oxygen atoms in total. The topological polar surface area (TPSA) is 41.6 Å². The molecule has 5 heteroatoms. The van der Waals surface area contributed by atoms with E-state index in [0.29, 0.717) is 6.54 Å². The minimum absolute atomic E-state index is 0.0185. The third-order valence-corrected chi connectivity index (χ3v) is 3.57. The van der Waals surface area contributed by atoms with Gasteiger partial charge in [-0.05, 0) is 49.7 Å². The number of para-hydroxylation sites is 1. The quantitative estimate of drug-likeness (QED) is 0.880. The van der Waals surface area contributed by atoms with Gasteiger partial charge in [-0.2, -0.15) is 0 Å².